The number of aromatic nitrogens is 3. The molecule has 0 aliphatic heterocycles. The van der Waals surface area contributed by atoms with Crippen molar-refractivity contribution in [2.45, 2.75) is 27.3 Å². The Balaban J connectivity index is 1.65. The maximum atomic E-state index is 12.9. The quantitative estimate of drug-likeness (QED) is 0.453. The van der Waals surface area contributed by atoms with E-state index in [1.54, 1.807) is 26.3 Å². The highest BCUT2D eigenvalue weighted by atomic mass is 32.1. The topological polar surface area (TPSA) is 78.2 Å². The molecular weight excluding hydrogens is 460 g/mol. The van der Waals surface area contributed by atoms with Crippen LogP contribution in [0.15, 0.2) is 53.3 Å². The number of rotatable bonds is 6. The number of amides is 1. The van der Waals surface area contributed by atoms with Gasteiger partial charge in [0.15, 0.2) is 0 Å². The molecule has 2 aromatic heterocycles. The molecule has 35 heavy (non-hydrogen) atoms. The molecule has 0 atom stereocenters. The summed E-state index contributed by atoms with van der Waals surface area (Å²) >= 11 is 1.27. The van der Waals surface area contributed by atoms with Gasteiger partial charge in [0.25, 0.3) is 11.5 Å². The molecule has 180 valence electrons. The molecule has 0 fully saturated rings. The first kappa shape index (κ1) is 24.2. The summed E-state index contributed by atoms with van der Waals surface area (Å²) in [5.41, 5.74) is 5.54. The third kappa shape index (κ3) is 5.27. The van der Waals surface area contributed by atoms with Crippen molar-refractivity contribution in [2.75, 3.05) is 12.4 Å². The van der Waals surface area contributed by atoms with E-state index in [1.165, 1.54) is 27.5 Å². The standard InChI is InChI=1S/C27H28N4O3S/c1-17-10-12-20(13-11-17)16-31-19(3)21(18(2)29-31)14-24-27(33)30(4)26(35-24)15-25(32)28-22-8-6-7-9-23(22)34-5/h6-15H,16H2,1-5H3,(H,28,32)/b24-14-,26-15+. The fraction of sp³-hybridized carbons (Fsp3) is 0.222. The molecule has 0 aliphatic carbocycles. The van der Waals surface area contributed by atoms with E-state index in [0.29, 0.717) is 27.2 Å². The zero-order chi connectivity index (χ0) is 25.1. The minimum atomic E-state index is -0.337. The van der Waals surface area contributed by atoms with Gasteiger partial charge in [-0.1, -0.05) is 42.0 Å². The molecule has 2 heterocycles. The maximum absolute atomic E-state index is 12.9. The highest BCUT2D eigenvalue weighted by Crippen LogP contribution is 2.22. The van der Waals surface area contributed by atoms with E-state index in [-0.39, 0.29) is 11.5 Å². The molecule has 7 nitrogen and oxygen atoms in total. The van der Waals surface area contributed by atoms with Crippen LogP contribution in [-0.2, 0) is 18.4 Å². The average molecular weight is 489 g/mol. The molecule has 0 aliphatic rings. The Morgan fingerprint density at radius 3 is 2.54 bits per heavy atom. The lowest BCUT2D eigenvalue weighted by molar-refractivity contribution is -0.110. The second-order valence-electron chi connectivity index (χ2n) is 8.37. The van der Waals surface area contributed by atoms with Crippen molar-refractivity contribution >= 4 is 35.1 Å². The number of methoxy groups -OCH3 is 1. The van der Waals surface area contributed by atoms with Crippen LogP contribution >= 0.6 is 11.3 Å². The summed E-state index contributed by atoms with van der Waals surface area (Å²) in [5.74, 6) is 0.230. The van der Waals surface area contributed by atoms with Crippen molar-refractivity contribution in [3.63, 3.8) is 0 Å². The van der Waals surface area contributed by atoms with Gasteiger partial charge in [-0.05, 0) is 44.5 Å². The van der Waals surface area contributed by atoms with Crippen LogP contribution in [0.1, 0.15) is 28.1 Å². The fourth-order valence-electron chi connectivity index (χ4n) is 3.81. The minimum absolute atomic E-state index is 0.156. The number of hydrogen-bond donors (Lipinski definition) is 1. The van der Waals surface area contributed by atoms with E-state index in [4.69, 9.17) is 9.84 Å². The average Bonchev–Trinajstić information content (AvgIpc) is 3.25. The number of para-hydroxylation sites is 2. The van der Waals surface area contributed by atoms with Gasteiger partial charge in [-0.25, -0.2) is 0 Å². The molecule has 0 saturated carbocycles. The van der Waals surface area contributed by atoms with Crippen LogP contribution in [0.2, 0.25) is 0 Å². The summed E-state index contributed by atoms with van der Waals surface area (Å²) in [6.45, 7) is 6.67. The number of anilines is 1. The first-order valence-electron chi connectivity index (χ1n) is 11.2. The van der Waals surface area contributed by atoms with E-state index in [9.17, 15) is 9.59 Å². The van der Waals surface area contributed by atoms with Gasteiger partial charge in [0.2, 0.25) is 0 Å². The largest absolute Gasteiger partial charge is 0.495 e. The van der Waals surface area contributed by atoms with Crippen molar-refractivity contribution in [1.29, 1.82) is 0 Å². The molecule has 4 aromatic rings. The first-order chi connectivity index (χ1) is 16.8. The lowest BCUT2D eigenvalue weighted by Gasteiger charge is -2.07. The van der Waals surface area contributed by atoms with Crippen molar-refractivity contribution in [3.8, 4) is 5.75 Å². The van der Waals surface area contributed by atoms with Gasteiger partial charge in [0.1, 0.15) is 10.4 Å². The van der Waals surface area contributed by atoms with Crippen molar-refractivity contribution in [2.24, 2.45) is 7.05 Å². The summed E-state index contributed by atoms with van der Waals surface area (Å²) < 4.78 is 9.82. The Morgan fingerprint density at radius 1 is 1.11 bits per heavy atom. The maximum Gasteiger partial charge on any atom is 0.268 e. The summed E-state index contributed by atoms with van der Waals surface area (Å²) in [6.07, 6.45) is 3.29. The summed E-state index contributed by atoms with van der Waals surface area (Å²) in [4.78, 5) is 25.6. The Morgan fingerprint density at radius 2 is 1.83 bits per heavy atom. The van der Waals surface area contributed by atoms with Gasteiger partial charge in [-0.2, -0.15) is 5.10 Å². The molecule has 8 heteroatoms. The molecule has 0 unspecified atom stereocenters. The number of nitrogens with one attached hydrogen (secondary N) is 1. The monoisotopic (exact) mass is 488 g/mol. The number of ether oxygens (including phenoxy) is 1. The molecule has 0 bridgehead atoms. The highest BCUT2D eigenvalue weighted by molar-refractivity contribution is 7.07. The number of carbonyl (C=O) groups is 1. The molecule has 0 spiro atoms. The number of aryl methyl sites for hydroxylation is 2. The second-order valence-corrected chi connectivity index (χ2v) is 9.44. The SMILES string of the molecule is COc1ccccc1NC(=O)/C=c1/s/c(=C\c2c(C)nn(Cc3ccc(C)cc3)c2C)c(=O)n1C. The molecule has 4 rings (SSSR count). The van der Waals surface area contributed by atoms with Gasteiger partial charge < -0.3 is 14.6 Å². The summed E-state index contributed by atoms with van der Waals surface area (Å²) in [5, 5.41) is 7.50. The Hall–Kier alpha value is -3.91. The number of carbonyl (C=O) groups excluding carboxylic acids is 1. The third-order valence-corrected chi connectivity index (χ3v) is 6.96. The van der Waals surface area contributed by atoms with Crippen LogP contribution in [0, 0.1) is 20.8 Å². The smallest absolute Gasteiger partial charge is 0.268 e. The normalized spacial score (nSPS) is 12.3. The minimum Gasteiger partial charge on any atom is -0.495 e. The predicted octanol–water partition coefficient (Wildman–Crippen LogP) is 2.87. The molecule has 2 aromatic carbocycles. The van der Waals surface area contributed by atoms with Gasteiger partial charge in [0, 0.05) is 24.4 Å². The van der Waals surface area contributed by atoms with Crippen molar-refractivity contribution in [1.82, 2.24) is 14.3 Å². The van der Waals surface area contributed by atoms with E-state index in [2.05, 4.69) is 36.5 Å². The Kier molecular flexibility index (Phi) is 7.02. The lowest BCUT2D eigenvalue weighted by atomic mass is 10.1. The van der Waals surface area contributed by atoms with E-state index >= 15 is 0 Å². The van der Waals surface area contributed by atoms with Crippen LogP contribution in [-0.4, -0.2) is 27.4 Å². The number of benzene rings is 2. The third-order valence-electron chi connectivity index (χ3n) is 5.85. The molecular formula is C27H28N4O3S. The predicted molar refractivity (Wildman–Crippen MR) is 140 cm³/mol. The fourth-order valence-corrected chi connectivity index (χ4v) is 4.82. The second kappa shape index (κ2) is 10.1. The van der Waals surface area contributed by atoms with Gasteiger partial charge in [0.05, 0.1) is 29.6 Å². The van der Waals surface area contributed by atoms with E-state index in [1.807, 2.05) is 36.7 Å². The van der Waals surface area contributed by atoms with E-state index < -0.39 is 0 Å². The van der Waals surface area contributed by atoms with Crippen LogP contribution in [0.3, 0.4) is 0 Å². The molecule has 1 amide bonds. The summed E-state index contributed by atoms with van der Waals surface area (Å²) in [7, 11) is 3.21. The van der Waals surface area contributed by atoms with Gasteiger partial charge in [-0.3, -0.25) is 14.3 Å². The zero-order valence-electron chi connectivity index (χ0n) is 20.5. The van der Waals surface area contributed by atoms with Gasteiger partial charge >= 0.3 is 0 Å². The lowest BCUT2D eigenvalue weighted by Crippen LogP contribution is -2.29. The number of nitrogens with zero attached hydrogens (tertiary/aromatic N) is 3. The number of hydrogen-bond acceptors (Lipinski definition) is 5. The van der Waals surface area contributed by atoms with E-state index in [0.717, 1.165) is 22.5 Å². The molecule has 0 radical (unpaired) electrons. The highest BCUT2D eigenvalue weighted by Gasteiger charge is 2.12. The Labute approximate surface area is 207 Å². The number of thiazole rings is 1. The van der Waals surface area contributed by atoms with Crippen molar-refractivity contribution < 1.29 is 9.53 Å². The zero-order valence-corrected chi connectivity index (χ0v) is 21.3. The van der Waals surface area contributed by atoms with Crippen molar-refractivity contribution in [3.05, 3.63) is 96.2 Å². The molecule has 0 saturated heterocycles. The van der Waals surface area contributed by atoms with Crippen LogP contribution in [0.4, 0.5) is 5.69 Å². The Bertz CT molecular complexity index is 1560. The first-order valence-corrected chi connectivity index (χ1v) is 12.0. The summed E-state index contributed by atoms with van der Waals surface area (Å²) in [6, 6.07) is 15.6. The van der Waals surface area contributed by atoms with Crippen LogP contribution < -0.4 is 24.8 Å². The van der Waals surface area contributed by atoms with Crippen LogP contribution in [0.5, 0.6) is 5.75 Å². The van der Waals surface area contributed by atoms with Gasteiger partial charge in [-0.15, -0.1) is 11.3 Å². The van der Waals surface area contributed by atoms with Crippen LogP contribution in [0.25, 0.3) is 12.2 Å². The molecule has 1 N–H and O–H groups in total.